The number of hydrogen-bond donors (Lipinski definition) is 2. The summed E-state index contributed by atoms with van der Waals surface area (Å²) >= 11 is 5.07. The largest absolute Gasteiger partial charge is 0.870 e. The van der Waals surface area contributed by atoms with Gasteiger partial charge >= 0.3 is 12.7 Å². The number of quaternary nitrogens is 1. The molecule has 11 heteroatoms. The highest BCUT2D eigenvalue weighted by Gasteiger charge is 2.28. The number of benzene rings is 1. The van der Waals surface area contributed by atoms with Gasteiger partial charge in [0.1, 0.15) is 24.1 Å². The fraction of sp³-hybridized carbons (Fsp3) is 0.696. The molecule has 2 unspecified atom stereocenters. The van der Waals surface area contributed by atoms with Crippen LogP contribution in [0.3, 0.4) is 0 Å². The van der Waals surface area contributed by atoms with E-state index in [4.69, 9.17) is 35.4 Å². The van der Waals surface area contributed by atoms with Crippen LogP contribution < -0.4 is 9.47 Å². The second-order valence-corrected chi connectivity index (χ2v) is 11.8. The lowest BCUT2D eigenvalue weighted by Crippen LogP contribution is -2.42. The lowest BCUT2D eigenvalue weighted by Gasteiger charge is -2.30. The minimum atomic E-state index is -3.52. The number of aliphatic carboxylic acids is 1. The van der Waals surface area contributed by atoms with Crippen LogP contribution in [0.5, 0.6) is 11.5 Å². The van der Waals surface area contributed by atoms with Crippen molar-refractivity contribution in [1.29, 1.82) is 0 Å². The zero-order chi connectivity index (χ0) is 24.7. The van der Waals surface area contributed by atoms with Crippen LogP contribution in [0, 0.1) is 0 Å². The van der Waals surface area contributed by atoms with Gasteiger partial charge in [-0.1, -0.05) is 32.3 Å². The molecule has 0 saturated heterocycles. The molecule has 1 aromatic rings. The van der Waals surface area contributed by atoms with E-state index in [2.05, 4.69) is 6.92 Å². The van der Waals surface area contributed by atoms with Gasteiger partial charge in [-0.2, -0.15) is 0 Å². The summed E-state index contributed by atoms with van der Waals surface area (Å²) in [7, 11) is 5.74. The quantitative estimate of drug-likeness (QED) is 0.154. The van der Waals surface area contributed by atoms with Crippen molar-refractivity contribution in [2.24, 2.45) is 0 Å². The van der Waals surface area contributed by atoms with Gasteiger partial charge in [-0.15, -0.1) is 0 Å². The average Bonchev–Trinajstić information content (AvgIpc) is 2.68. The molecule has 1 rings (SSSR count). The average molecular weight is 524 g/mol. The van der Waals surface area contributed by atoms with Crippen LogP contribution in [-0.4, -0.2) is 79.5 Å². The Balaban J connectivity index is 0.0000109. The Morgan fingerprint density at radius 2 is 1.59 bits per heavy atom. The summed E-state index contributed by atoms with van der Waals surface area (Å²) in [6.45, 7) is 0.464. The second kappa shape index (κ2) is 17.2. The van der Waals surface area contributed by atoms with E-state index in [0.29, 0.717) is 37.1 Å². The standard InChI is InChI=1S/C23H40NO7PS.H2O/c1-5-6-7-8-14-28-20-12-11-13-21(17-20)29-15-9-10-16-30-32(27,33)31-22(18-23(25)26)19-24(2,3)4;/h11-13,17,22H,5-10,14-16,18-19H2,1-4H3,(H-,25,26,27,33);1H2. The molecule has 0 spiro atoms. The molecule has 0 aromatic heterocycles. The molecule has 3 N–H and O–H groups in total. The van der Waals surface area contributed by atoms with E-state index in [1.807, 2.05) is 45.4 Å². The lowest BCUT2D eigenvalue weighted by atomic mass is 10.2. The molecule has 198 valence electrons. The molecule has 0 heterocycles. The third-order valence-electron chi connectivity index (χ3n) is 4.57. The summed E-state index contributed by atoms with van der Waals surface area (Å²) in [5, 5.41) is 9.08. The van der Waals surface area contributed by atoms with Gasteiger partial charge in [0.25, 0.3) is 0 Å². The third kappa shape index (κ3) is 17.2. The summed E-state index contributed by atoms with van der Waals surface area (Å²) in [6.07, 6.45) is 5.02. The van der Waals surface area contributed by atoms with Crippen molar-refractivity contribution in [3.63, 3.8) is 0 Å². The van der Waals surface area contributed by atoms with Crippen molar-refractivity contribution in [3.8, 4) is 11.5 Å². The highest BCUT2D eigenvalue weighted by Crippen LogP contribution is 2.45. The van der Waals surface area contributed by atoms with Gasteiger partial charge in [0.2, 0.25) is 0 Å². The fourth-order valence-electron chi connectivity index (χ4n) is 3.11. The second-order valence-electron chi connectivity index (χ2n) is 9.04. The Hall–Kier alpha value is -1.26. The van der Waals surface area contributed by atoms with Gasteiger partial charge in [0.15, 0.2) is 0 Å². The monoisotopic (exact) mass is 523 g/mol. The van der Waals surface area contributed by atoms with E-state index in [-0.39, 0.29) is 18.5 Å². The van der Waals surface area contributed by atoms with E-state index in [1.165, 1.54) is 19.3 Å². The first-order valence-electron chi connectivity index (χ1n) is 11.5. The maximum atomic E-state index is 11.1. The maximum Gasteiger partial charge on any atom is 0.325 e. The summed E-state index contributed by atoms with van der Waals surface area (Å²) in [6, 6.07) is 7.60. The van der Waals surface area contributed by atoms with Crippen molar-refractivity contribution >= 4 is 24.5 Å². The van der Waals surface area contributed by atoms with Crippen LogP contribution in [-0.2, 0) is 25.6 Å². The van der Waals surface area contributed by atoms with Gasteiger partial charge in [-0.3, -0.25) is 9.32 Å². The maximum absolute atomic E-state index is 11.1. The molecule has 0 saturated carbocycles. The SMILES string of the molecule is CCCCCCOc1cccc(OCCCCOP(O)(=S)OC(CC(=O)O)C[N+](C)(C)C)c1.[OH-]. The Kier molecular flexibility index (Phi) is 16.6. The molecule has 0 radical (unpaired) electrons. The highest BCUT2D eigenvalue weighted by molar-refractivity contribution is 8.07. The Bertz CT molecular complexity index is 744. The topological polar surface area (TPSA) is 124 Å². The number of carboxylic acid groups (broad SMARTS) is 1. The van der Waals surface area contributed by atoms with Crippen LogP contribution in [0.2, 0.25) is 0 Å². The number of rotatable bonds is 19. The van der Waals surface area contributed by atoms with Gasteiger partial charge < -0.3 is 34.0 Å². The zero-order valence-corrected chi connectivity index (χ0v) is 22.6. The van der Waals surface area contributed by atoms with Crippen molar-refractivity contribution in [1.82, 2.24) is 0 Å². The number of ether oxygens (including phenoxy) is 2. The Labute approximate surface area is 209 Å². The first-order valence-corrected chi connectivity index (χ1v) is 14.1. The molecule has 1 aromatic carbocycles. The number of carbonyl (C=O) groups is 1. The minimum absolute atomic E-state index is 0. The number of nitrogens with zero attached hydrogens (tertiary/aromatic N) is 1. The minimum Gasteiger partial charge on any atom is -0.870 e. The molecule has 0 aliphatic rings. The summed E-state index contributed by atoms with van der Waals surface area (Å²) in [4.78, 5) is 21.4. The van der Waals surface area contributed by atoms with Gasteiger partial charge in [-0.25, -0.2) is 0 Å². The van der Waals surface area contributed by atoms with Gasteiger partial charge in [0.05, 0.1) is 47.4 Å². The normalized spacial score (nSPS) is 14.0. The van der Waals surface area contributed by atoms with E-state index in [1.54, 1.807) is 0 Å². The first-order chi connectivity index (χ1) is 15.5. The molecule has 9 nitrogen and oxygen atoms in total. The molecule has 0 aliphatic heterocycles. The Morgan fingerprint density at radius 3 is 2.12 bits per heavy atom. The van der Waals surface area contributed by atoms with Crippen LogP contribution in [0.25, 0.3) is 0 Å². The Morgan fingerprint density at radius 1 is 1.03 bits per heavy atom. The summed E-state index contributed by atoms with van der Waals surface area (Å²) in [5.74, 6) is 0.538. The lowest BCUT2D eigenvalue weighted by molar-refractivity contribution is -0.873. The number of hydrogen-bond acceptors (Lipinski definition) is 7. The molecule has 0 fully saturated rings. The van der Waals surface area contributed by atoms with Crippen LogP contribution in [0.4, 0.5) is 0 Å². The third-order valence-corrected chi connectivity index (χ3v) is 6.22. The highest BCUT2D eigenvalue weighted by atomic mass is 32.5. The van der Waals surface area contributed by atoms with E-state index in [0.717, 1.165) is 17.9 Å². The van der Waals surface area contributed by atoms with Crippen molar-refractivity contribution in [3.05, 3.63) is 24.3 Å². The van der Waals surface area contributed by atoms with Crippen LogP contribution in [0.15, 0.2) is 24.3 Å². The first kappa shape index (κ1) is 32.7. The molecule has 0 amide bonds. The molecular weight excluding hydrogens is 481 g/mol. The molecule has 34 heavy (non-hydrogen) atoms. The summed E-state index contributed by atoms with van der Waals surface area (Å²) in [5.41, 5.74) is 0. The van der Waals surface area contributed by atoms with Crippen molar-refractivity contribution in [2.45, 2.75) is 58.0 Å². The summed E-state index contributed by atoms with van der Waals surface area (Å²) < 4.78 is 22.9. The van der Waals surface area contributed by atoms with Crippen LogP contribution in [0.1, 0.15) is 51.9 Å². The van der Waals surface area contributed by atoms with E-state index < -0.39 is 18.8 Å². The zero-order valence-electron chi connectivity index (χ0n) is 20.9. The fourth-order valence-corrected chi connectivity index (χ4v) is 4.63. The molecule has 0 aliphatic carbocycles. The number of likely N-dealkylation sites (N-methyl/N-ethyl adjacent to an activating group) is 1. The van der Waals surface area contributed by atoms with Gasteiger partial charge in [0, 0.05) is 6.07 Å². The number of carboxylic acids is 1. The van der Waals surface area contributed by atoms with E-state index in [9.17, 15) is 9.69 Å². The smallest absolute Gasteiger partial charge is 0.325 e. The van der Waals surface area contributed by atoms with Crippen LogP contribution >= 0.6 is 6.72 Å². The van der Waals surface area contributed by atoms with Crippen molar-refractivity contribution in [2.75, 3.05) is 47.5 Å². The predicted molar refractivity (Wildman–Crippen MR) is 135 cm³/mol. The predicted octanol–water partition coefficient (Wildman–Crippen LogP) is 4.43. The molecule has 0 bridgehead atoms. The molecule has 2 atom stereocenters. The molecular formula is C23H42NO8PS. The van der Waals surface area contributed by atoms with Crippen molar-refractivity contribution < 1.29 is 43.3 Å². The van der Waals surface area contributed by atoms with Gasteiger partial charge in [-0.05, 0) is 43.2 Å². The number of unbranched alkanes of at least 4 members (excludes halogenated alkanes) is 4. The van der Waals surface area contributed by atoms with E-state index >= 15 is 0 Å².